The van der Waals surface area contributed by atoms with Gasteiger partial charge in [0.05, 0.1) is 17.0 Å². The largest absolute Gasteiger partial charge is 0.361 e. The monoisotopic (exact) mass is 369 g/mol. The van der Waals surface area contributed by atoms with Crippen LogP contribution in [-0.4, -0.2) is 28.9 Å². The number of para-hydroxylation sites is 1. The number of fused-ring (bicyclic) bond motifs is 1. The standard InChI is InChI=1S/C24H23N3O/c25-15-17-5-7-19(8-6-17)24(11-12-24)23(28)27-13-9-18(10-14-27)21-16-26-22-4-2-1-3-20(21)22/h1-8,16,18,26H,9-14H2. The van der Waals surface area contributed by atoms with Crippen molar-refractivity contribution in [2.45, 2.75) is 37.0 Å². The molecule has 1 saturated carbocycles. The highest BCUT2D eigenvalue weighted by Crippen LogP contribution is 2.50. The van der Waals surface area contributed by atoms with E-state index in [1.165, 1.54) is 16.5 Å². The van der Waals surface area contributed by atoms with Crippen LogP contribution in [0.15, 0.2) is 54.7 Å². The number of piperidine rings is 1. The highest BCUT2D eigenvalue weighted by Gasteiger charge is 2.53. The molecular weight excluding hydrogens is 346 g/mol. The summed E-state index contributed by atoms with van der Waals surface area (Å²) in [5.74, 6) is 0.778. The van der Waals surface area contributed by atoms with E-state index < -0.39 is 0 Å². The predicted molar refractivity (Wildman–Crippen MR) is 109 cm³/mol. The molecule has 1 aliphatic heterocycles. The van der Waals surface area contributed by atoms with Gasteiger partial charge in [-0.1, -0.05) is 30.3 Å². The average molecular weight is 369 g/mol. The lowest BCUT2D eigenvalue weighted by molar-refractivity contribution is -0.135. The number of likely N-dealkylation sites (tertiary alicyclic amines) is 1. The molecule has 0 radical (unpaired) electrons. The Morgan fingerprint density at radius 3 is 2.46 bits per heavy atom. The van der Waals surface area contributed by atoms with Crippen LogP contribution in [0.2, 0.25) is 0 Å². The topological polar surface area (TPSA) is 59.9 Å². The number of benzene rings is 2. The van der Waals surface area contributed by atoms with Gasteiger partial charge in [0.15, 0.2) is 0 Å². The first kappa shape index (κ1) is 17.1. The Morgan fingerprint density at radius 2 is 1.79 bits per heavy atom. The van der Waals surface area contributed by atoms with E-state index in [1.807, 2.05) is 24.3 Å². The molecule has 1 amide bonds. The van der Waals surface area contributed by atoms with E-state index in [1.54, 1.807) is 0 Å². The second-order valence-corrected chi connectivity index (χ2v) is 8.13. The summed E-state index contributed by atoms with van der Waals surface area (Å²) >= 11 is 0. The summed E-state index contributed by atoms with van der Waals surface area (Å²) < 4.78 is 0. The summed E-state index contributed by atoms with van der Waals surface area (Å²) in [6, 6.07) is 18.2. The number of aromatic nitrogens is 1. The molecule has 140 valence electrons. The second-order valence-electron chi connectivity index (χ2n) is 8.13. The van der Waals surface area contributed by atoms with Gasteiger partial charge >= 0.3 is 0 Å². The molecule has 28 heavy (non-hydrogen) atoms. The molecule has 2 heterocycles. The number of carbonyl (C=O) groups excluding carboxylic acids is 1. The lowest BCUT2D eigenvalue weighted by Crippen LogP contribution is -2.43. The first-order valence-electron chi connectivity index (χ1n) is 10.1. The van der Waals surface area contributed by atoms with Crippen LogP contribution in [0.4, 0.5) is 0 Å². The number of hydrogen-bond donors (Lipinski definition) is 1. The fourth-order valence-corrected chi connectivity index (χ4v) is 4.74. The van der Waals surface area contributed by atoms with Crippen molar-refractivity contribution in [3.05, 3.63) is 71.4 Å². The number of hydrogen-bond acceptors (Lipinski definition) is 2. The van der Waals surface area contributed by atoms with E-state index >= 15 is 0 Å². The summed E-state index contributed by atoms with van der Waals surface area (Å²) in [6.07, 6.45) is 6.00. The number of H-pyrrole nitrogens is 1. The molecule has 4 heteroatoms. The lowest BCUT2D eigenvalue weighted by Gasteiger charge is -2.34. The number of nitriles is 1. The van der Waals surface area contributed by atoms with Crippen LogP contribution < -0.4 is 0 Å². The molecule has 5 rings (SSSR count). The lowest BCUT2D eigenvalue weighted by atomic mass is 9.87. The van der Waals surface area contributed by atoms with E-state index in [0.29, 0.717) is 11.5 Å². The van der Waals surface area contributed by atoms with Crippen molar-refractivity contribution in [1.29, 1.82) is 5.26 Å². The maximum atomic E-state index is 13.3. The number of rotatable bonds is 3. The predicted octanol–water partition coefficient (Wildman–Crippen LogP) is 4.48. The van der Waals surface area contributed by atoms with Gasteiger partial charge in [-0.05, 0) is 60.9 Å². The molecule has 2 aromatic carbocycles. The first-order valence-corrected chi connectivity index (χ1v) is 10.1. The van der Waals surface area contributed by atoms with Gasteiger partial charge in [-0.3, -0.25) is 4.79 Å². The van der Waals surface area contributed by atoms with Crippen molar-refractivity contribution >= 4 is 16.8 Å². The molecule has 0 unspecified atom stereocenters. The Labute approximate surface area is 164 Å². The third-order valence-corrected chi connectivity index (χ3v) is 6.57. The summed E-state index contributed by atoms with van der Waals surface area (Å²) in [4.78, 5) is 18.7. The van der Waals surface area contributed by atoms with Gasteiger partial charge in [0.2, 0.25) is 5.91 Å². The third kappa shape index (κ3) is 2.70. The van der Waals surface area contributed by atoms with Crippen molar-refractivity contribution in [3.8, 4) is 6.07 Å². The fourth-order valence-electron chi connectivity index (χ4n) is 4.74. The molecular formula is C24H23N3O. The Hall–Kier alpha value is -3.06. The smallest absolute Gasteiger partial charge is 0.233 e. The molecule has 2 fully saturated rings. The van der Waals surface area contributed by atoms with Crippen LogP contribution in [0.1, 0.15) is 48.3 Å². The Morgan fingerprint density at radius 1 is 1.07 bits per heavy atom. The van der Waals surface area contributed by atoms with Crippen molar-refractivity contribution in [1.82, 2.24) is 9.88 Å². The number of amides is 1. The molecule has 4 nitrogen and oxygen atoms in total. The number of nitrogens with one attached hydrogen (secondary N) is 1. The zero-order chi connectivity index (χ0) is 19.1. The van der Waals surface area contributed by atoms with Gasteiger partial charge in [-0.15, -0.1) is 0 Å². The highest BCUT2D eigenvalue weighted by atomic mass is 16.2. The van der Waals surface area contributed by atoms with Crippen LogP contribution >= 0.6 is 0 Å². The summed E-state index contributed by atoms with van der Waals surface area (Å²) in [5, 5.41) is 10.3. The van der Waals surface area contributed by atoms with Crippen LogP contribution in [0.25, 0.3) is 10.9 Å². The second kappa shape index (κ2) is 6.53. The number of nitrogens with zero attached hydrogens (tertiary/aromatic N) is 2. The zero-order valence-corrected chi connectivity index (χ0v) is 15.8. The Kier molecular flexibility index (Phi) is 3.98. The molecule has 1 aliphatic carbocycles. The molecule has 3 aromatic rings. The highest BCUT2D eigenvalue weighted by molar-refractivity contribution is 5.91. The van der Waals surface area contributed by atoms with E-state index in [9.17, 15) is 4.79 Å². The SMILES string of the molecule is N#Cc1ccc(C2(C(=O)N3CCC(c4c[nH]c5ccccc45)CC3)CC2)cc1. The van der Waals surface area contributed by atoms with Crippen molar-refractivity contribution in [3.63, 3.8) is 0 Å². The summed E-state index contributed by atoms with van der Waals surface area (Å²) in [7, 11) is 0. The van der Waals surface area contributed by atoms with Crippen LogP contribution in [0.5, 0.6) is 0 Å². The molecule has 2 aliphatic rings. The first-order chi connectivity index (χ1) is 13.7. The zero-order valence-electron chi connectivity index (χ0n) is 15.8. The van der Waals surface area contributed by atoms with E-state index in [-0.39, 0.29) is 11.3 Å². The third-order valence-electron chi connectivity index (χ3n) is 6.57. The minimum absolute atomic E-state index is 0.273. The maximum absolute atomic E-state index is 13.3. The van der Waals surface area contributed by atoms with E-state index in [0.717, 1.165) is 44.3 Å². The van der Waals surface area contributed by atoms with Crippen LogP contribution in [-0.2, 0) is 10.2 Å². The fraction of sp³-hybridized carbons (Fsp3) is 0.333. The van der Waals surface area contributed by atoms with Crippen molar-refractivity contribution in [2.24, 2.45) is 0 Å². The minimum Gasteiger partial charge on any atom is -0.361 e. The van der Waals surface area contributed by atoms with Gasteiger partial charge in [0.25, 0.3) is 0 Å². The van der Waals surface area contributed by atoms with Crippen molar-refractivity contribution < 1.29 is 4.79 Å². The van der Waals surface area contributed by atoms with Gasteiger partial charge < -0.3 is 9.88 Å². The quantitative estimate of drug-likeness (QED) is 0.740. The van der Waals surface area contributed by atoms with Crippen LogP contribution in [0, 0.1) is 11.3 Å². The van der Waals surface area contributed by atoms with Gasteiger partial charge in [0, 0.05) is 30.2 Å². The van der Waals surface area contributed by atoms with Gasteiger partial charge in [-0.2, -0.15) is 5.26 Å². The molecule has 1 N–H and O–H groups in total. The number of carbonyl (C=O) groups is 1. The molecule has 0 bridgehead atoms. The van der Waals surface area contributed by atoms with Crippen molar-refractivity contribution in [2.75, 3.05) is 13.1 Å². The van der Waals surface area contributed by atoms with E-state index in [4.69, 9.17) is 5.26 Å². The Balaban J connectivity index is 1.30. The Bertz CT molecular complexity index is 1060. The maximum Gasteiger partial charge on any atom is 0.233 e. The van der Waals surface area contributed by atoms with E-state index in [2.05, 4.69) is 46.4 Å². The molecule has 1 saturated heterocycles. The van der Waals surface area contributed by atoms with Gasteiger partial charge in [0.1, 0.15) is 0 Å². The number of aromatic amines is 1. The normalized spacial score (nSPS) is 18.8. The minimum atomic E-state index is -0.346. The summed E-state index contributed by atoms with van der Waals surface area (Å²) in [6.45, 7) is 1.64. The summed E-state index contributed by atoms with van der Waals surface area (Å²) in [5.41, 5.74) is 3.94. The average Bonchev–Trinajstić information content (AvgIpc) is 3.46. The molecule has 0 spiro atoms. The molecule has 0 atom stereocenters. The molecule has 1 aromatic heterocycles. The van der Waals surface area contributed by atoms with Gasteiger partial charge in [-0.25, -0.2) is 0 Å². The van der Waals surface area contributed by atoms with Crippen LogP contribution in [0.3, 0.4) is 0 Å².